The number of halogens is 1. The summed E-state index contributed by atoms with van der Waals surface area (Å²) < 4.78 is 0. The molecule has 3 saturated heterocycles. The molecule has 2 nitrogen and oxygen atoms in total. The van der Waals surface area contributed by atoms with Gasteiger partial charge in [0.25, 0.3) is 0 Å². The Kier molecular flexibility index (Phi) is 5.35. The van der Waals surface area contributed by atoms with E-state index in [1.165, 1.54) is 63.6 Å². The quantitative estimate of drug-likeness (QED) is 0.894. The second-order valence-corrected chi connectivity index (χ2v) is 7.77. The molecule has 3 aliphatic heterocycles. The summed E-state index contributed by atoms with van der Waals surface area (Å²) in [7, 11) is 0. The molecule has 0 amide bonds. The molecule has 3 heterocycles. The fourth-order valence-electron chi connectivity index (χ4n) is 5.46. The van der Waals surface area contributed by atoms with E-state index in [-0.39, 0.29) is 12.4 Å². The standard InChI is InChI=1S/C20H29NO.ClH/c22-20(17-7-3-1-4-8-17,18-9-5-2-6-10-18)19-15-21-13-11-16(19)12-14-21;/h1,3-4,7-8,16,18-19,22H,2,5-6,9-15H2;1H. The van der Waals surface area contributed by atoms with Gasteiger partial charge < -0.3 is 10.0 Å². The van der Waals surface area contributed by atoms with Crippen molar-refractivity contribution in [1.82, 2.24) is 4.90 Å². The lowest BCUT2D eigenvalue weighted by Crippen LogP contribution is -2.57. The average Bonchev–Trinajstić information content (AvgIpc) is 2.63. The Morgan fingerprint density at radius 1 is 0.913 bits per heavy atom. The van der Waals surface area contributed by atoms with E-state index < -0.39 is 5.60 Å². The first-order chi connectivity index (χ1) is 10.8. The predicted molar refractivity (Wildman–Crippen MR) is 96.8 cm³/mol. The first-order valence-electron chi connectivity index (χ1n) is 9.28. The summed E-state index contributed by atoms with van der Waals surface area (Å²) in [6, 6.07) is 10.6. The highest BCUT2D eigenvalue weighted by Crippen LogP contribution is 2.50. The van der Waals surface area contributed by atoms with E-state index in [1.807, 2.05) is 0 Å². The second kappa shape index (κ2) is 7.13. The van der Waals surface area contributed by atoms with Gasteiger partial charge in [0, 0.05) is 12.5 Å². The minimum absolute atomic E-state index is 0. The first kappa shape index (κ1) is 17.3. The van der Waals surface area contributed by atoms with Crippen molar-refractivity contribution in [2.45, 2.75) is 50.5 Å². The fourth-order valence-corrected chi connectivity index (χ4v) is 5.46. The molecular weight excluding hydrogens is 306 g/mol. The lowest BCUT2D eigenvalue weighted by molar-refractivity contribution is -0.143. The monoisotopic (exact) mass is 335 g/mol. The SMILES string of the molecule is Cl.OC(c1ccccc1)(C1CCCCC1)C1CN2CCC1CC2. The van der Waals surface area contributed by atoms with Crippen LogP contribution < -0.4 is 0 Å². The molecule has 2 unspecified atom stereocenters. The van der Waals surface area contributed by atoms with Crippen LogP contribution in [0.2, 0.25) is 0 Å². The van der Waals surface area contributed by atoms with Crippen LogP contribution in [0.15, 0.2) is 30.3 Å². The molecule has 1 aromatic rings. The van der Waals surface area contributed by atoms with Crippen LogP contribution in [0.1, 0.15) is 50.5 Å². The van der Waals surface area contributed by atoms with E-state index in [0.717, 1.165) is 12.5 Å². The molecule has 0 radical (unpaired) electrons. The summed E-state index contributed by atoms with van der Waals surface area (Å²) in [5, 5.41) is 12.0. The number of hydrogen-bond acceptors (Lipinski definition) is 2. The lowest BCUT2D eigenvalue weighted by Gasteiger charge is -2.54. The molecule has 1 aliphatic carbocycles. The Labute approximate surface area is 146 Å². The van der Waals surface area contributed by atoms with Crippen molar-refractivity contribution in [2.24, 2.45) is 17.8 Å². The Hall–Kier alpha value is -0.570. The maximum atomic E-state index is 12.0. The van der Waals surface area contributed by atoms with Gasteiger partial charge >= 0.3 is 0 Å². The number of hydrogen-bond donors (Lipinski definition) is 1. The van der Waals surface area contributed by atoms with Gasteiger partial charge in [-0.3, -0.25) is 0 Å². The van der Waals surface area contributed by atoms with Crippen LogP contribution in [0, 0.1) is 17.8 Å². The van der Waals surface area contributed by atoms with Gasteiger partial charge in [0.1, 0.15) is 0 Å². The summed E-state index contributed by atoms with van der Waals surface area (Å²) >= 11 is 0. The molecule has 0 spiro atoms. The van der Waals surface area contributed by atoms with Gasteiger partial charge in [-0.25, -0.2) is 0 Å². The summed E-state index contributed by atoms with van der Waals surface area (Å²) in [5.74, 6) is 1.60. The normalized spacial score (nSPS) is 33.7. The van der Waals surface area contributed by atoms with Crippen molar-refractivity contribution in [3.8, 4) is 0 Å². The number of rotatable bonds is 3. The van der Waals surface area contributed by atoms with Crippen molar-refractivity contribution >= 4 is 12.4 Å². The van der Waals surface area contributed by atoms with E-state index in [4.69, 9.17) is 0 Å². The molecule has 128 valence electrons. The van der Waals surface area contributed by atoms with Crippen LogP contribution in [0.4, 0.5) is 0 Å². The Bertz CT molecular complexity index is 494. The molecule has 5 rings (SSSR count). The van der Waals surface area contributed by atoms with E-state index >= 15 is 0 Å². The van der Waals surface area contributed by atoms with Crippen molar-refractivity contribution in [3.63, 3.8) is 0 Å². The highest BCUT2D eigenvalue weighted by atomic mass is 35.5. The van der Waals surface area contributed by atoms with Crippen LogP contribution in [0.25, 0.3) is 0 Å². The Morgan fingerprint density at radius 3 is 2.13 bits per heavy atom. The van der Waals surface area contributed by atoms with Crippen molar-refractivity contribution in [1.29, 1.82) is 0 Å². The molecule has 2 atom stereocenters. The number of piperidine rings is 3. The van der Waals surface area contributed by atoms with Gasteiger partial charge in [0.05, 0.1) is 5.60 Å². The molecule has 1 N–H and O–H groups in total. The summed E-state index contributed by atoms with van der Waals surface area (Å²) in [6.45, 7) is 3.60. The van der Waals surface area contributed by atoms with E-state index in [1.54, 1.807) is 0 Å². The molecular formula is C20H30ClNO. The molecule has 1 aromatic carbocycles. The molecule has 0 aromatic heterocycles. The average molecular weight is 336 g/mol. The Morgan fingerprint density at radius 2 is 1.57 bits per heavy atom. The van der Waals surface area contributed by atoms with Gasteiger partial charge in [-0.05, 0) is 56.2 Å². The van der Waals surface area contributed by atoms with E-state index in [2.05, 4.69) is 35.2 Å². The minimum atomic E-state index is -0.606. The van der Waals surface area contributed by atoms with Crippen LogP contribution in [0.3, 0.4) is 0 Å². The molecule has 1 saturated carbocycles. The third-order valence-corrected chi connectivity index (χ3v) is 6.69. The highest BCUT2D eigenvalue weighted by molar-refractivity contribution is 5.85. The van der Waals surface area contributed by atoms with Crippen molar-refractivity contribution < 1.29 is 5.11 Å². The zero-order chi connectivity index (χ0) is 15.0. The smallest absolute Gasteiger partial charge is 0.0967 e. The van der Waals surface area contributed by atoms with E-state index in [9.17, 15) is 5.11 Å². The summed E-state index contributed by atoms with van der Waals surface area (Å²) in [6.07, 6.45) is 8.91. The second-order valence-electron chi connectivity index (χ2n) is 7.77. The van der Waals surface area contributed by atoms with Crippen LogP contribution in [0.5, 0.6) is 0 Å². The zero-order valence-electron chi connectivity index (χ0n) is 14.0. The largest absolute Gasteiger partial charge is 0.385 e. The third kappa shape index (κ3) is 3.06. The van der Waals surface area contributed by atoms with Crippen LogP contribution >= 0.6 is 12.4 Å². The van der Waals surface area contributed by atoms with Crippen LogP contribution in [-0.2, 0) is 5.60 Å². The number of aliphatic hydroxyl groups is 1. The molecule has 4 fully saturated rings. The van der Waals surface area contributed by atoms with Gasteiger partial charge in [-0.15, -0.1) is 12.4 Å². The van der Waals surface area contributed by atoms with Gasteiger partial charge in [0.2, 0.25) is 0 Å². The minimum Gasteiger partial charge on any atom is -0.385 e. The number of nitrogens with zero attached hydrogens (tertiary/aromatic N) is 1. The molecule has 3 heteroatoms. The fraction of sp³-hybridized carbons (Fsp3) is 0.700. The van der Waals surface area contributed by atoms with Gasteiger partial charge in [0.15, 0.2) is 0 Å². The molecule has 2 bridgehead atoms. The highest BCUT2D eigenvalue weighted by Gasteiger charge is 2.51. The van der Waals surface area contributed by atoms with Gasteiger partial charge in [-0.2, -0.15) is 0 Å². The summed E-state index contributed by atoms with van der Waals surface area (Å²) in [5.41, 5.74) is 0.575. The predicted octanol–water partition coefficient (Wildman–Crippen LogP) is 4.22. The molecule has 4 aliphatic rings. The maximum absolute atomic E-state index is 12.0. The van der Waals surface area contributed by atoms with E-state index in [0.29, 0.717) is 11.8 Å². The van der Waals surface area contributed by atoms with Crippen molar-refractivity contribution in [2.75, 3.05) is 19.6 Å². The first-order valence-corrected chi connectivity index (χ1v) is 9.28. The molecule has 23 heavy (non-hydrogen) atoms. The van der Waals surface area contributed by atoms with Crippen molar-refractivity contribution in [3.05, 3.63) is 35.9 Å². The summed E-state index contributed by atoms with van der Waals surface area (Å²) in [4.78, 5) is 2.58. The van der Waals surface area contributed by atoms with Gasteiger partial charge in [-0.1, -0.05) is 49.6 Å². The lowest BCUT2D eigenvalue weighted by atomic mass is 9.60. The Balaban J connectivity index is 0.00000156. The topological polar surface area (TPSA) is 23.5 Å². The third-order valence-electron chi connectivity index (χ3n) is 6.69. The zero-order valence-corrected chi connectivity index (χ0v) is 14.8. The van der Waals surface area contributed by atoms with Crippen LogP contribution in [-0.4, -0.2) is 29.6 Å². The number of benzene rings is 1. The number of fused-ring (bicyclic) bond motifs is 3. The maximum Gasteiger partial charge on any atom is 0.0967 e.